The van der Waals surface area contributed by atoms with E-state index in [1.807, 2.05) is 11.8 Å². The van der Waals surface area contributed by atoms with Crippen molar-refractivity contribution in [2.45, 2.75) is 26.3 Å². The summed E-state index contributed by atoms with van der Waals surface area (Å²) < 4.78 is 5.18. The minimum absolute atomic E-state index is 0.0468. The second kappa shape index (κ2) is 7.16. The molecule has 24 heavy (non-hydrogen) atoms. The van der Waals surface area contributed by atoms with Crippen LogP contribution in [0.1, 0.15) is 34.7 Å². The van der Waals surface area contributed by atoms with E-state index in [0.717, 1.165) is 31.6 Å². The number of hydrogen-bond acceptors (Lipinski definition) is 4. The fourth-order valence-corrected chi connectivity index (χ4v) is 2.69. The second-order valence-electron chi connectivity index (χ2n) is 5.71. The average Bonchev–Trinajstić information content (AvgIpc) is 3.24. The molecule has 0 bridgehead atoms. The molecule has 7 heteroatoms. The van der Waals surface area contributed by atoms with Gasteiger partial charge in [0.25, 0.3) is 5.91 Å². The number of hydrogen-bond donors (Lipinski definition) is 2. The Morgan fingerprint density at radius 1 is 1.25 bits per heavy atom. The van der Waals surface area contributed by atoms with Crippen LogP contribution in [0.3, 0.4) is 0 Å². The molecule has 2 N–H and O–H groups in total. The van der Waals surface area contributed by atoms with Crippen LogP contribution in [-0.4, -0.2) is 34.9 Å². The Hall–Kier alpha value is -2.83. The molecule has 2 heterocycles. The Morgan fingerprint density at radius 3 is 2.71 bits per heavy atom. The Balaban J connectivity index is 1.65. The van der Waals surface area contributed by atoms with E-state index in [1.165, 1.54) is 6.39 Å². The molecule has 3 amide bonds. The molecular weight excluding hydrogens is 308 g/mol. The van der Waals surface area contributed by atoms with E-state index in [2.05, 4.69) is 15.6 Å². The Labute approximate surface area is 140 Å². The summed E-state index contributed by atoms with van der Waals surface area (Å²) in [5.41, 5.74) is 1.74. The number of amides is 3. The van der Waals surface area contributed by atoms with E-state index in [-0.39, 0.29) is 12.5 Å². The van der Waals surface area contributed by atoms with Gasteiger partial charge in [-0.25, -0.2) is 9.78 Å². The third-order valence-corrected chi connectivity index (χ3v) is 4.05. The predicted octanol–water partition coefficient (Wildman–Crippen LogP) is 2.54. The van der Waals surface area contributed by atoms with Crippen LogP contribution in [0.25, 0.3) is 0 Å². The maximum absolute atomic E-state index is 12.6. The van der Waals surface area contributed by atoms with Gasteiger partial charge in [0.1, 0.15) is 5.76 Å². The molecule has 1 aromatic heterocycles. The van der Waals surface area contributed by atoms with Gasteiger partial charge in [-0.1, -0.05) is 12.1 Å². The summed E-state index contributed by atoms with van der Waals surface area (Å²) in [4.78, 5) is 30.5. The minimum atomic E-state index is -0.396. The molecule has 1 fully saturated rings. The quantitative estimate of drug-likeness (QED) is 0.903. The van der Waals surface area contributed by atoms with E-state index in [1.54, 1.807) is 24.3 Å². The lowest BCUT2D eigenvalue weighted by Crippen LogP contribution is -2.31. The van der Waals surface area contributed by atoms with Gasteiger partial charge >= 0.3 is 6.03 Å². The average molecular weight is 328 g/mol. The van der Waals surface area contributed by atoms with Crippen molar-refractivity contribution in [1.29, 1.82) is 0 Å². The molecule has 0 atom stereocenters. The smallest absolute Gasteiger partial charge is 0.319 e. The van der Waals surface area contributed by atoms with Crippen molar-refractivity contribution in [3.63, 3.8) is 0 Å². The molecule has 1 saturated heterocycles. The van der Waals surface area contributed by atoms with E-state index in [9.17, 15) is 9.59 Å². The van der Waals surface area contributed by atoms with Gasteiger partial charge < -0.3 is 20.0 Å². The highest BCUT2D eigenvalue weighted by atomic mass is 16.3. The lowest BCUT2D eigenvalue weighted by molar-refractivity contribution is 0.0794. The van der Waals surface area contributed by atoms with Crippen molar-refractivity contribution < 1.29 is 14.0 Å². The number of nitrogens with one attached hydrogen (secondary N) is 2. The number of aryl methyl sites for hydroxylation is 1. The Bertz CT molecular complexity index is 735. The molecule has 1 aliphatic rings. The van der Waals surface area contributed by atoms with E-state index >= 15 is 0 Å². The zero-order chi connectivity index (χ0) is 16.9. The molecule has 1 aliphatic heterocycles. The molecule has 0 unspecified atom stereocenters. The van der Waals surface area contributed by atoms with Crippen LogP contribution >= 0.6 is 0 Å². The van der Waals surface area contributed by atoms with E-state index in [0.29, 0.717) is 17.0 Å². The topological polar surface area (TPSA) is 87.5 Å². The number of benzene rings is 1. The normalized spacial score (nSPS) is 13.8. The third-order valence-electron chi connectivity index (χ3n) is 4.05. The molecule has 0 radical (unpaired) electrons. The first kappa shape index (κ1) is 16.0. The van der Waals surface area contributed by atoms with Gasteiger partial charge in [0, 0.05) is 13.1 Å². The van der Waals surface area contributed by atoms with E-state index in [4.69, 9.17) is 4.42 Å². The summed E-state index contributed by atoms with van der Waals surface area (Å²) in [5.74, 6) is 0.557. The lowest BCUT2D eigenvalue weighted by atomic mass is 10.1. The molecule has 0 saturated carbocycles. The number of rotatable bonds is 4. The molecule has 7 nitrogen and oxygen atoms in total. The third kappa shape index (κ3) is 3.56. The first-order chi connectivity index (χ1) is 11.6. The molecule has 2 aromatic rings. The number of anilines is 1. The number of carbonyl (C=O) groups excluding carboxylic acids is 2. The first-order valence-electron chi connectivity index (χ1n) is 7.97. The van der Waals surface area contributed by atoms with Crippen LogP contribution in [0.2, 0.25) is 0 Å². The summed E-state index contributed by atoms with van der Waals surface area (Å²) in [6.07, 6.45) is 3.39. The van der Waals surface area contributed by atoms with Gasteiger partial charge in [0.2, 0.25) is 0 Å². The van der Waals surface area contributed by atoms with Gasteiger partial charge in [-0.2, -0.15) is 0 Å². The van der Waals surface area contributed by atoms with Crippen LogP contribution in [0.5, 0.6) is 0 Å². The van der Waals surface area contributed by atoms with Gasteiger partial charge in [-0.3, -0.25) is 4.79 Å². The van der Waals surface area contributed by atoms with Crippen molar-refractivity contribution in [2.24, 2.45) is 0 Å². The van der Waals surface area contributed by atoms with Crippen LogP contribution in [0, 0.1) is 6.92 Å². The van der Waals surface area contributed by atoms with Crippen molar-refractivity contribution in [1.82, 2.24) is 15.2 Å². The fourth-order valence-electron chi connectivity index (χ4n) is 2.69. The second-order valence-corrected chi connectivity index (χ2v) is 5.71. The number of para-hydroxylation sites is 1. The maximum atomic E-state index is 12.6. The van der Waals surface area contributed by atoms with Gasteiger partial charge in [0.05, 0.1) is 23.5 Å². The van der Waals surface area contributed by atoms with E-state index < -0.39 is 6.03 Å². The summed E-state index contributed by atoms with van der Waals surface area (Å²) in [6, 6.07) is 6.65. The SMILES string of the molecule is Cc1ncoc1CNC(=O)Nc1ccccc1C(=O)N1CCCC1. The number of urea groups is 1. The van der Waals surface area contributed by atoms with Gasteiger partial charge in [-0.15, -0.1) is 0 Å². The van der Waals surface area contributed by atoms with Gasteiger partial charge in [-0.05, 0) is 31.9 Å². The van der Waals surface area contributed by atoms with Crippen molar-refractivity contribution >= 4 is 17.6 Å². The number of nitrogens with zero attached hydrogens (tertiary/aromatic N) is 2. The van der Waals surface area contributed by atoms with Crippen LogP contribution < -0.4 is 10.6 Å². The zero-order valence-electron chi connectivity index (χ0n) is 13.5. The summed E-state index contributed by atoms with van der Waals surface area (Å²) in [7, 11) is 0. The molecule has 3 rings (SSSR count). The van der Waals surface area contributed by atoms with Crippen molar-refractivity contribution in [3.8, 4) is 0 Å². The standard InChI is InChI=1S/C17H20N4O3/c1-12-15(24-11-19-12)10-18-17(23)20-14-7-3-2-6-13(14)16(22)21-8-4-5-9-21/h2-3,6-7,11H,4-5,8-10H2,1H3,(H2,18,20,23). The highest BCUT2D eigenvalue weighted by Crippen LogP contribution is 2.20. The molecule has 0 spiro atoms. The predicted molar refractivity (Wildman–Crippen MR) is 88.7 cm³/mol. The molecule has 0 aliphatic carbocycles. The van der Waals surface area contributed by atoms with Gasteiger partial charge in [0.15, 0.2) is 6.39 Å². The van der Waals surface area contributed by atoms with Crippen LogP contribution in [0.4, 0.5) is 10.5 Å². The molecule has 1 aromatic carbocycles. The van der Waals surface area contributed by atoms with Crippen molar-refractivity contribution in [3.05, 3.63) is 47.7 Å². The summed E-state index contributed by atoms with van der Waals surface area (Å²) in [5, 5.41) is 5.44. The number of carbonyl (C=O) groups is 2. The monoisotopic (exact) mass is 328 g/mol. The lowest BCUT2D eigenvalue weighted by Gasteiger charge is -2.18. The van der Waals surface area contributed by atoms with Crippen LogP contribution in [-0.2, 0) is 6.54 Å². The maximum Gasteiger partial charge on any atom is 0.319 e. The number of likely N-dealkylation sites (tertiary alicyclic amines) is 1. The fraction of sp³-hybridized carbons (Fsp3) is 0.353. The molecule has 126 valence electrons. The van der Waals surface area contributed by atoms with Crippen LogP contribution in [0.15, 0.2) is 35.1 Å². The first-order valence-corrected chi connectivity index (χ1v) is 7.97. The largest absolute Gasteiger partial charge is 0.446 e. The highest BCUT2D eigenvalue weighted by molar-refractivity contribution is 6.03. The number of aromatic nitrogens is 1. The summed E-state index contributed by atoms with van der Waals surface area (Å²) >= 11 is 0. The Morgan fingerprint density at radius 2 is 2.00 bits per heavy atom. The minimum Gasteiger partial charge on any atom is -0.446 e. The Kier molecular flexibility index (Phi) is 4.79. The van der Waals surface area contributed by atoms with Crippen molar-refractivity contribution in [2.75, 3.05) is 18.4 Å². The summed E-state index contributed by atoms with van der Waals surface area (Å²) in [6.45, 7) is 3.58. The molecular formula is C17H20N4O3. The zero-order valence-corrected chi connectivity index (χ0v) is 13.5. The highest BCUT2D eigenvalue weighted by Gasteiger charge is 2.22. The number of oxazole rings is 1.